The van der Waals surface area contributed by atoms with Crippen LogP contribution in [0.4, 0.5) is 0 Å². The van der Waals surface area contributed by atoms with Gasteiger partial charge in [-0.15, -0.1) is 5.10 Å². The summed E-state index contributed by atoms with van der Waals surface area (Å²) in [5, 5.41) is 18.1. The number of thiocarbonyl (C=S) groups is 1. The minimum absolute atomic E-state index is 0.268. The van der Waals surface area contributed by atoms with E-state index < -0.39 is 0 Å². The van der Waals surface area contributed by atoms with E-state index in [2.05, 4.69) is 56.9 Å². The molecule has 1 atom stereocenters. The standard InChI is InChI=1S/C23H30N6OS/c1-2-16-9-10-21-17(12-16)13-18(22-25-26-27-29(21)22)15-28(19-6-3-4-7-19)23(31)24-14-20-8-5-11-30-20/h9-10,12-13,19-20H,2-8,11,14-15H2,1H3,(H,24,31)/t20-/m1/s1. The van der Waals surface area contributed by atoms with Crippen LogP contribution in [0.1, 0.15) is 56.6 Å². The molecule has 2 fully saturated rings. The Hall–Kier alpha value is -2.32. The van der Waals surface area contributed by atoms with E-state index in [0.29, 0.717) is 12.6 Å². The minimum Gasteiger partial charge on any atom is -0.376 e. The van der Waals surface area contributed by atoms with Crippen molar-refractivity contribution in [1.29, 1.82) is 0 Å². The molecular weight excluding hydrogens is 408 g/mol. The van der Waals surface area contributed by atoms with E-state index in [1.807, 2.05) is 4.52 Å². The lowest BCUT2D eigenvalue weighted by atomic mass is 10.1. The molecule has 1 aromatic carbocycles. The summed E-state index contributed by atoms with van der Waals surface area (Å²) in [5.74, 6) is 0. The van der Waals surface area contributed by atoms with Crippen molar-refractivity contribution in [1.82, 2.24) is 30.3 Å². The monoisotopic (exact) mass is 438 g/mol. The van der Waals surface area contributed by atoms with Gasteiger partial charge in [-0.1, -0.05) is 25.8 Å². The van der Waals surface area contributed by atoms with Gasteiger partial charge in [0.1, 0.15) is 0 Å². The van der Waals surface area contributed by atoms with Gasteiger partial charge in [0.25, 0.3) is 0 Å². The molecule has 3 aromatic rings. The number of aromatic nitrogens is 4. The van der Waals surface area contributed by atoms with Crippen molar-refractivity contribution in [3.8, 4) is 0 Å². The molecule has 0 spiro atoms. The number of tetrazole rings is 1. The summed E-state index contributed by atoms with van der Waals surface area (Å²) in [7, 11) is 0. The third-order valence-electron chi connectivity index (χ3n) is 6.69. The summed E-state index contributed by atoms with van der Waals surface area (Å²) in [4.78, 5) is 2.36. The van der Waals surface area contributed by atoms with Gasteiger partial charge in [0, 0.05) is 36.7 Å². The second kappa shape index (κ2) is 9.04. The lowest BCUT2D eigenvalue weighted by Gasteiger charge is -2.32. The van der Waals surface area contributed by atoms with E-state index in [1.54, 1.807) is 0 Å². The molecule has 0 unspecified atom stereocenters. The highest BCUT2D eigenvalue weighted by molar-refractivity contribution is 7.80. The number of nitrogens with one attached hydrogen (secondary N) is 1. The number of nitrogens with zero attached hydrogens (tertiary/aromatic N) is 5. The van der Waals surface area contributed by atoms with Gasteiger partial charge in [-0.25, -0.2) is 0 Å². The van der Waals surface area contributed by atoms with Gasteiger partial charge in [0.2, 0.25) is 0 Å². The summed E-state index contributed by atoms with van der Waals surface area (Å²) < 4.78 is 7.63. The van der Waals surface area contributed by atoms with E-state index in [-0.39, 0.29) is 6.10 Å². The first kappa shape index (κ1) is 20.6. The van der Waals surface area contributed by atoms with Crippen molar-refractivity contribution < 1.29 is 4.74 Å². The first-order valence-electron chi connectivity index (χ1n) is 11.5. The number of hydrogen-bond acceptors (Lipinski definition) is 5. The summed E-state index contributed by atoms with van der Waals surface area (Å²) in [6, 6.07) is 9.21. The van der Waals surface area contributed by atoms with E-state index in [4.69, 9.17) is 17.0 Å². The molecule has 2 aliphatic rings. The van der Waals surface area contributed by atoms with Crippen LogP contribution in [0.2, 0.25) is 0 Å². The van der Waals surface area contributed by atoms with Gasteiger partial charge >= 0.3 is 0 Å². The fraction of sp³-hybridized carbons (Fsp3) is 0.565. The van der Waals surface area contributed by atoms with Crippen LogP contribution in [-0.2, 0) is 17.7 Å². The Morgan fingerprint density at radius 3 is 2.87 bits per heavy atom. The smallest absolute Gasteiger partial charge is 0.184 e. The fourth-order valence-electron chi connectivity index (χ4n) is 4.92. The summed E-state index contributed by atoms with van der Waals surface area (Å²) in [6.07, 6.45) is 8.39. The van der Waals surface area contributed by atoms with Crippen molar-refractivity contribution in [3.63, 3.8) is 0 Å². The average molecular weight is 439 g/mol. The highest BCUT2D eigenvalue weighted by Crippen LogP contribution is 2.28. The third kappa shape index (κ3) is 4.23. The number of fused-ring (bicyclic) bond motifs is 3. The molecule has 1 aliphatic heterocycles. The van der Waals surface area contributed by atoms with Gasteiger partial charge in [0.15, 0.2) is 10.8 Å². The van der Waals surface area contributed by atoms with Crippen molar-refractivity contribution in [3.05, 3.63) is 35.4 Å². The number of rotatable bonds is 6. The molecule has 1 saturated heterocycles. The highest BCUT2D eigenvalue weighted by atomic mass is 32.1. The lowest BCUT2D eigenvalue weighted by Crippen LogP contribution is -2.46. The molecule has 0 amide bonds. The molecule has 8 heteroatoms. The summed E-state index contributed by atoms with van der Waals surface area (Å²) in [6.45, 7) is 4.53. The normalized spacial score (nSPS) is 19.5. The Bertz CT molecular complexity index is 1070. The Morgan fingerprint density at radius 1 is 1.23 bits per heavy atom. The Kier molecular flexibility index (Phi) is 6.00. The largest absolute Gasteiger partial charge is 0.376 e. The maximum absolute atomic E-state index is 5.88. The van der Waals surface area contributed by atoms with Crippen LogP contribution in [0.5, 0.6) is 0 Å². The molecule has 1 aliphatic carbocycles. The van der Waals surface area contributed by atoms with Crippen molar-refractivity contribution in [2.75, 3.05) is 13.2 Å². The summed E-state index contributed by atoms with van der Waals surface area (Å²) in [5.41, 5.74) is 4.26. The maximum atomic E-state index is 5.88. The van der Waals surface area contributed by atoms with Crippen LogP contribution in [0, 0.1) is 0 Å². The SMILES string of the molecule is CCc1ccc2c(c1)cc(CN(C(=S)NC[C@H]1CCCO1)C1CCCC1)c1nnnn12. The van der Waals surface area contributed by atoms with Crippen molar-refractivity contribution in [2.45, 2.75) is 70.6 Å². The molecule has 1 N–H and O–H groups in total. The number of hydrogen-bond donors (Lipinski definition) is 1. The quantitative estimate of drug-likeness (QED) is 0.589. The predicted octanol–water partition coefficient (Wildman–Crippen LogP) is 3.64. The van der Waals surface area contributed by atoms with E-state index in [0.717, 1.165) is 54.3 Å². The molecule has 31 heavy (non-hydrogen) atoms. The third-order valence-corrected chi connectivity index (χ3v) is 7.07. The van der Waals surface area contributed by atoms with Crippen LogP contribution in [0.3, 0.4) is 0 Å². The molecule has 1 saturated carbocycles. The number of pyridine rings is 1. The van der Waals surface area contributed by atoms with E-state index in [9.17, 15) is 0 Å². The molecular formula is C23H30N6OS. The van der Waals surface area contributed by atoms with Gasteiger partial charge in [-0.05, 0) is 78.5 Å². The average Bonchev–Trinajstić information content (AvgIpc) is 3.57. The Morgan fingerprint density at radius 2 is 2.10 bits per heavy atom. The molecule has 0 radical (unpaired) electrons. The lowest BCUT2D eigenvalue weighted by molar-refractivity contribution is 0.113. The van der Waals surface area contributed by atoms with Crippen LogP contribution < -0.4 is 5.32 Å². The zero-order valence-electron chi connectivity index (χ0n) is 18.1. The van der Waals surface area contributed by atoms with Crippen LogP contribution in [0.25, 0.3) is 16.6 Å². The topological polar surface area (TPSA) is 67.6 Å². The highest BCUT2D eigenvalue weighted by Gasteiger charge is 2.27. The molecule has 3 heterocycles. The number of aryl methyl sites for hydroxylation is 1. The van der Waals surface area contributed by atoms with E-state index in [1.165, 1.54) is 36.6 Å². The minimum atomic E-state index is 0.268. The molecule has 0 bridgehead atoms. The Balaban J connectivity index is 1.45. The van der Waals surface area contributed by atoms with Crippen LogP contribution >= 0.6 is 12.2 Å². The zero-order chi connectivity index (χ0) is 21.2. The van der Waals surface area contributed by atoms with Gasteiger partial charge < -0.3 is 15.0 Å². The first-order valence-corrected chi connectivity index (χ1v) is 11.9. The first-order chi connectivity index (χ1) is 15.2. The van der Waals surface area contributed by atoms with Gasteiger partial charge in [-0.2, -0.15) is 4.52 Å². The number of ether oxygens (including phenoxy) is 1. The van der Waals surface area contributed by atoms with Gasteiger partial charge in [-0.3, -0.25) is 0 Å². The fourth-order valence-corrected chi connectivity index (χ4v) is 5.22. The zero-order valence-corrected chi connectivity index (χ0v) is 18.9. The molecule has 5 rings (SSSR count). The molecule has 2 aromatic heterocycles. The molecule has 164 valence electrons. The van der Waals surface area contributed by atoms with Crippen LogP contribution in [0.15, 0.2) is 24.3 Å². The van der Waals surface area contributed by atoms with Crippen molar-refractivity contribution in [2.24, 2.45) is 0 Å². The molecule has 7 nitrogen and oxygen atoms in total. The summed E-state index contributed by atoms with van der Waals surface area (Å²) >= 11 is 5.88. The predicted molar refractivity (Wildman–Crippen MR) is 125 cm³/mol. The second-order valence-corrected chi connectivity index (χ2v) is 9.10. The van der Waals surface area contributed by atoms with Gasteiger partial charge in [0.05, 0.1) is 11.6 Å². The Labute approximate surface area is 188 Å². The van der Waals surface area contributed by atoms with Crippen molar-refractivity contribution >= 4 is 33.9 Å². The number of benzene rings is 1. The van der Waals surface area contributed by atoms with Crippen LogP contribution in [-0.4, -0.2) is 55.4 Å². The maximum Gasteiger partial charge on any atom is 0.184 e. The second-order valence-electron chi connectivity index (χ2n) is 8.72. The van der Waals surface area contributed by atoms with E-state index >= 15 is 0 Å².